The molecule has 0 aliphatic heterocycles. The summed E-state index contributed by atoms with van der Waals surface area (Å²) in [5.41, 5.74) is -0.407. The summed E-state index contributed by atoms with van der Waals surface area (Å²) in [6.45, 7) is 0.410. The number of nitrogens with zero attached hydrogens (tertiary/aromatic N) is 1. The molecule has 2 rings (SSSR count). The highest BCUT2D eigenvalue weighted by Gasteiger charge is 2.23. The minimum atomic E-state index is -1.31. The van der Waals surface area contributed by atoms with Crippen LogP contribution in [0.3, 0.4) is 0 Å². The topological polar surface area (TPSA) is 59.4 Å². The van der Waals surface area contributed by atoms with E-state index in [1.807, 2.05) is 0 Å². The van der Waals surface area contributed by atoms with Crippen LogP contribution in [0.25, 0.3) is 0 Å². The summed E-state index contributed by atoms with van der Waals surface area (Å²) in [4.78, 5) is 14.3. The fraction of sp³-hybridized carbons (Fsp3) is 0.400. The average molecular weight is 211 g/mol. The van der Waals surface area contributed by atoms with Gasteiger partial charge in [-0.15, -0.1) is 0 Å². The Morgan fingerprint density at radius 2 is 2.40 bits per heavy atom. The van der Waals surface area contributed by atoms with Crippen LogP contribution in [0.2, 0.25) is 0 Å². The predicted octanol–water partition coefficient (Wildman–Crippen LogP) is 1.71. The van der Waals surface area contributed by atoms with E-state index in [1.165, 1.54) is 6.20 Å². The number of ether oxygens (including phenoxy) is 1. The van der Waals surface area contributed by atoms with Crippen molar-refractivity contribution in [1.82, 2.24) is 4.98 Å². The highest BCUT2D eigenvalue weighted by atomic mass is 19.1. The molecule has 0 atom stereocenters. The van der Waals surface area contributed by atoms with E-state index in [-0.39, 0.29) is 5.88 Å². The molecular weight excluding hydrogens is 201 g/mol. The first kappa shape index (κ1) is 9.89. The molecule has 0 bridgehead atoms. The minimum absolute atomic E-state index is 0.221. The van der Waals surface area contributed by atoms with Gasteiger partial charge >= 0.3 is 5.97 Å². The molecule has 0 radical (unpaired) electrons. The zero-order valence-electron chi connectivity index (χ0n) is 7.94. The zero-order valence-corrected chi connectivity index (χ0v) is 7.94. The Bertz CT molecular complexity index is 390. The number of rotatable bonds is 4. The van der Waals surface area contributed by atoms with Crippen molar-refractivity contribution in [2.75, 3.05) is 6.61 Å². The molecule has 0 saturated heterocycles. The maximum atomic E-state index is 13.4. The summed E-state index contributed by atoms with van der Waals surface area (Å²) in [5, 5.41) is 8.66. The van der Waals surface area contributed by atoms with Gasteiger partial charge in [0, 0.05) is 6.20 Å². The molecule has 15 heavy (non-hydrogen) atoms. The number of halogens is 1. The maximum absolute atomic E-state index is 13.4. The van der Waals surface area contributed by atoms with Crippen LogP contribution >= 0.6 is 0 Å². The van der Waals surface area contributed by atoms with Crippen molar-refractivity contribution in [1.29, 1.82) is 0 Å². The summed E-state index contributed by atoms with van der Waals surface area (Å²) in [6.07, 6.45) is 3.40. The Morgan fingerprint density at radius 1 is 1.67 bits per heavy atom. The van der Waals surface area contributed by atoms with E-state index in [0.717, 1.165) is 18.9 Å². The number of carboxylic acid groups (broad SMARTS) is 1. The lowest BCUT2D eigenvalue weighted by molar-refractivity contribution is 0.0690. The maximum Gasteiger partial charge on any atom is 0.338 e. The molecule has 1 N–H and O–H groups in total. The van der Waals surface area contributed by atoms with E-state index < -0.39 is 17.3 Å². The molecule has 1 saturated carbocycles. The number of carboxylic acids is 1. The van der Waals surface area contributed by atoms with Gasteiger partial charge in [-0.05, 0) is 24.8 Å². The molecule has 0 aromatic carbocycles. The predicted molar refractivity (Wildman–Crippen MR) is 49.4 cm³/mol. The van der Waals surface area contributed by atoms with Crippen molar-refractivity contribution < 1.29 is 19.0 Å². The molecule has 1 heterocycles. The standard InChI is InChI=1S/C10H10FNO3/c11-8-7(10(13)14)3-4-12-9(8)15-5-6-1-2-6/h3-4,6H,1-2,5H2,(H,13,14). The number of aromatic carboxylic acids is 1. The molecule has 1 aliphatic carbocycles. The molecule has 1 aromatic heterocycles. The third-order valence-electron chi connectivity index (χ3n) is 2.24. The van der Waals surface area contributed by atoms with Crippen molar-refractivity contribution in [2.24, 2.45) is 5.92 Å². The van der Waals surface area contributed by atoms with Gasteiger partial charge in [-0.3, -0.25) is 0 Å². The van der Waals surface area contributed by atoms with Crippen molar-refractivity contribution >= 4 is 5.97 Å². The highest BCUT2D eigenvalue weighted by molar-refractivity contribution is 5.88. The van der Waals surface area contributed by atoms with Crippen molar-refractivity contribution in [3.8, 4) is 5.88 Å². The van der Waals surface area contributed by atoms with Crippen molar-refractivity contribution in [3.63, 3.8) is 0 Å². The first-order valence-corrected chi connectivity index (χ1v) is 4.69. The molecule has 0 amide bonds. The van der Waals surface area contributed by atoms with Crippen LogP contribution in [-0.2, 0) is 0 Å². The molecule has 80 valence electrons. The minimum Gasteiger partial charge on any atom is -0.478 e. The highest BCUT2D eigenvalue weighted by Crippen LogP contribution is 2.29. The van der Waals surface area contributed by atoms with Crippen LogP contribution < -0.4 is 4.74 Å². The molecule has 5 heteroatoms. The summed E-state index contributed by atoms with van der Waals surface area (Å²) in [7, 11) is 0. The van der Waals surface area contributed by atoms with E-state index in [2.05, 4.69) is 4.98 Å². The summed E-state index contributed by atoms with van der Waals surface area (Å²) < 4.78 is 18.5. The molecule has 0 unspecified atom stereocenters. The van der Waals surface area contributed by atoms with Crippen LogP contribution in [-0.4, -0.2) is 22.7 Å². The summed E-state index contributed by atoms with van der Waals surface area (Å²) >= 11 is 0. The Balaban J connectivity index is 2.14. The van der Waals surface area contributed by atoms with Gasteiger partial charge in [-0.1, -0.05) is 0 Å². The fourth-order valence-electron chi connectivity index (χ4n) is 1.17. The van der Waals surface area contributed by atoms with Crippen LogP contribution in [0.4, 0.5) is 4.39 Å². The summed E-state index contributed by atoms with van der Waals surface area (Å²) in [5.74, 6) is -1.96. The molecule has 1 fully saturated rings. The first-order chi connectivity index (χ1) is 7.18. The zero-order chi connectivity index (χ0) is 10.8. The fourth-order valence-corrected chi connectivity index (χ4v) is 1.17. The van der Waals surface area contributed by atoms with Gasteiger partial charge in [0.05, 0.1) is 6.61 Å². The monoisotopic (exact) mass is 211 g/mol. The largest absolute Gasteiger partial charge is 0.478 e. The lowest BCUT2D eigenvalue weighted by Crippen LogP contribution is -2.07. The van der Waals surface area contributed by atoms with E-state index in [9.17, 15) is 9.18 Å². The lowest BCUT2D eigenvalue weighted by atomic mass is 10.2. The SMILES string of the molecule is O=C(O)c1ccnc(OCC2CC2)c1F. The first-order valence-electron chi connectivity index (χ1n) is 4.69. The number of carbonyl (C=O) groups is 1. The number of hydrogen-bond donors (Lipinski definition) is 1. The Labute approximate surface area is 85.7 Å². The van der Waals surface area contributed by atoms with Crippen molar-refractivity contribution in [3.05, 3.63) is 23.6 Å². The molecule has 4 nitrogen and oxygen atoms in total. The Morgan fingerprint density at radius 3 is 3.00 bits per heavy atom. The van der Waals surface area contributed by atoms with Crippen LogP contribution in [0.1, 0.15) is 23.2 Å². The Kier molecular flexibility index (Phi) is 2.53. The quantitative estimate of drug-likeness (QED) is 0.823. The van der Waals surface area contributed by atoms with E-state index in [4.69, 9.17) is 9.84 Å². The normalized spacial score (nSPS) is 15.0. The second kappa shape index (κ2) is 3.84. The van der Waals surface area contributed by atoms with Crippen LogP contribution in [0.15, 0.2) is 12.3 Å². The average Bonchev–Trinajstić information content (AvgIpc) is 2.99. The lowest BCUT2D eigenvalue weighted by Gasteiger charge is -2.05. The molecule has 0 spiro atoms. The van der Waals surface area contributed by atoms with Gasteiger partial charge in [0.2, 0.25) is 0 Å². The Hall–Kier alpha value is -1.65. The van der Waals surface area contributed by atoms with Crippen LogP contribution in [0.5, 0.6) is 5.88 Å². The van der Waals surface area contributed by atoms with Crippen molar-refractivity contribution in [2.45, 2.75) is 12.8 Å². The number of aromatic nitrogens is 1. The van der Waals surface area contributed by atoms with E-state index in [1.54, 1.807) is 0 Å². The van der Waals surface area contributed by atoms with E-state index in [0.29, 0.717) is 12.5 Å². The second-order valence-corrected chi connectivity index (χ2v) is 3.54. The molecule has 1 aromatic rings. The van der Waals surface area contributed by atoms with Gasteiger partial charge in [0.25, 0.3) is 5.88 Å². The number of pyridine rings is 1. The second-order valence-electron chi connectivity index (χ2n) is 3.54. The third-order valence-corrected chi connectivity index (χ3v) is 2.24. The smallest absolute Gasteiger partial charge is 0.338 e. The van der Waals surface area contributed by atoms with Gasteiger partial charge < -0.3 is 9.84 Å². The van der Waals surface area contributed by atoms with E-state index >= 15 is 0 Å². The van der Waals surface area contributed by atoms with Gasteiger partial charge in [-0.25, -0.2) is 14.2 Å². The summed E-state index contributed by atoms with van der Waals surface area (Å²) in [6, 6.07) is 1.11. The molecule has 1 aliphatic rings. The van der Waals surface area contributed by atoms with Crippen LogP contribution in [0, 0.1) is 11.7 Å². The third kappa shape index (κ3) is 2.23. The number of hydrogen-bond acceptors (Lipinski definition) is 3. The van der Waals surface area contributed by atoms with Gasteiger partial charge in [0.1, 0.15) is 5.56 Å². The van der Waals surface area contributed by atoms with Gasteiger partial charge in [-0.2, -0.15) is 0 Å². The van der Waals surface area contributed by atoms with Gasteiger partial charge in [0.15, 0.2) is 5.82 Å². The molecular formula is C10H10FNO3.